The second-order valence-corrected chi connectivity index (χ2v) is 5.39. The molecule has 1 saturated heterocycles. The fourth-order valence-electron chi connectivity index (χ4n) is 2.78. The predicted molar refractivity (Wildman–Crippen MR) is 78.0 cm³/mol. The number of nitrogens with one attached hydrogen (secondary N) is 1. The molecule has 0 aliphatic carbocycles. The first-order valence-electron chi connectivity index (χ1n) is 7.36. The van der Waals surface area contributed by atoms with Crippen molar-refractivity contribution in [3.05, 3.63) is 47.8 Å². The standard InChI is InChI=1S/C16H20N2O3/c1-12-6-7-14(21-12)13(18-8-2-3-9-18)11-17-16(19)15-5-4-10-20-15/h4-7,10,13H,2-3,8-9,11H2,1H3,(H,17,19). The van der Waals surface area contributed by atoms with Crippen LogP contribution in [0.15, 0.2) is 39.4 Å². The van der Waals surface area contributed by atoms with Crippen molar-refractivity contribution in [3.63, 3.8) is 0 Å². The molecule has 5 heteroatoms. The highest BCUT2D eigenvalue weighted by atomic mass is 16.3. The Bertz CT molecular complexity index is 582. The lowest BCUT2D eigenvalue weighted by atomic mass is 10.2. The summed E-state index contributed by atoms with van der Waals surface area (Å²) in [5.74, 6) is 1.96. The fourth-order valence-corrected chi connectivity index (χ4v) is 2.78. The van der Waals surface area contributed by atoms with Gasteiger partial charge in [-0.3, -0.25) is 9.69 Å². The van der Waals surface area contributed by atoms with Crippen molar-refractivity contribution < 1.29 is 13.6 Å². The molecule has 112 valence electrons. The van der Waals surface area contributed by atoms with E-state index in [9.17, 15) is 4.79 Å². The van der Waals surface area contributed by atoms with Gasteiger partial charge in [-0.25, -0.2) is 0 Å². The zero-order valence-corrected chi connectivity index (χ0v) is 12.2. The molecule has 21 heavy (non-hydrogen) atoms. The molecule has 1 fully saturated rings. The van der Waals surface area contributed by atoms with Crippen molar-refractivity contribution in [2.75, 3.05) is 19.6 Å². The molecular weight excluding hydrogens is 268 g/mol. The third-order valence-electron chi connectivity index (χ3n) is 3.87. The summed E-state index contributed by atoms with van der Waals surface area (Å²) in [4.78, 5) is 14.4. The Morgan fingerprint density at radius 3 is 2.76 bits per heavy atom. The maximum Gasteiger partial charge on any atom is 0.287 e. The van der Waals surface area contributed by atoms with Crippen LogP contribution in [0.2, 0.25) is 0 Å². The number of amides is 1. The van der Waals surface area contributed by atoms with E-state index in [0.29, 0.717) is 12.3 Å². The van der Waals surface area contributed by atoms with Gasteiger partial charge in [0.2, 0.25) is 0 Å². The average Bonchev–Trinajstić information content (AvgIpc) is 3.21. The van der Waals surface area contributed by atoms with Crippen LogP contribution < -0.4 is 5.32 Å². The summed E-state index contributed by atoms with van der Waals surface area (Å²) in [5, 5.41) is 2.94. The van der Waals surface area contributed by atoms with Gasteiger partial charge in [0.1, 0.15) is 11.5 Å². The number of hydrogen-bond acceptors (Lipinski definition) is 4. The number of hydrogen-bond donors (Lipinski definition) is 1. The molecule has 1 aliphatic rings. The Hall–Kier alpha value is -2.01. The van der Waals surface area contributed by atoms with Crippen molar-refractivity contribution in [2.45, 2.75) is 25.8 Å². The Morgan fingerprint density at radius 1 is 1.33 bits per heavy atom. The van der Waals surface area contributed by atoms with Crippen LogP contribution in [0.4, 0.5) is 0 Å². The molecule has 0 bridgehead atoms. The number of furan rings is 2. The lowest BCUT2D eigenvalue weighted by Gasteiger charge is -2.25. The van der Waals surface area contributed by atoms with Gasteiger partial charge in [-0.05, 0) is 57.1 Å². The number of nitrogens with zero attached hydrogens (tertiary/aromatic N) is 1. The highest BCUT2D eigenvalue weighted by Gasteiger charge is 2.26. The molecule has 3 rings (SSSR count). The van der Waals surface area contributed by atoms with Crippen LogP contribution in [0.5, 0.6) is 0 Å². The van der Waals surface area contributed by atoms with Gasteiger partial charge in [-0.15, -0.1) is 0 Å². The lowest BCUT2D eigenvalue weighted by Crippen LogP contribution is -2.36. The van der Waals surface area contributed by atoms with E-state index in [2.05, 4.69) is 10.2 Å². The zero-order valence-electron chi connectivity index (χ0n) is 12.2. The Kier molecular flexibility index (Phi) is 4.10. The minimum atomic E-state index is -0.188. The van der Waals surface area contributed by atoms with Crippen molar-refractivity contribution in [3.8, 4) is 0 Å². The van der Waals surface area contributed by atoms with Crippen molar-refractivity contribution >= 4 is 5.91 Å². The van der Waals surface area contributed by atoms with E-state index >= 15 is 0 Å². The molecule has 1 amide bonds. The summed E-state index contributed by atoms with van der Waals surface area (Å²) in [6, 6.07) is 7.42. The Morgan fingerprint density at radius 2 is 2.14 bits per heavy atom. The number of rotatable bonds is 5. The second kappa shape index (κ2) is 6.18. The maximum absolute atomic E-state index is 12.0. The summed E-state index contributed by atoms with van der Waals surface area (Å²) in [7, 11) is 0. The van der Waals surface area contributed by atoms with Gasteiger partial charge in [-0.1, -0.05) is 0 Å². The molecule has 1 N–H and O–H groups in total. The number of aryl methyl sites for hydroxylation is 1. The molecule has 1 aliphatic heterocycles. The third-order valence-corrected chi connectivity index (χ3v) is 3.87. The summed E-state index contributed by atoms with van der Waals surface area (Å²) in [5.41, 5.74) is 0. The number of carbonyl (C=O) groups is 1. The molecular formula is C16H20N2O3. The van der Waals surface area contributed by atoms with Gasteiger partial charge >= 0.3 is 0 Å². The van der Waals surface area contributed by atoms with Gasteiger partial charge in [-0.2, -0.15) is 0 Å². The molecule has 1 atom stereocenters. The minimum Gasteiger partial charge on any atom is -0.465 e. The molecule has 0 aromatic carbocycles. The summed E-state index contributed by atoms with van der Waals surface area (Å²) in [6.45, 7) is 4.54. The van der Waals surface area contributed by atoms with E-state index in [1.54, 1.807) is 12.1 Å². The van der Waals surface area contributed by atoms with E-state index in [4.69, 9.17) is 8.83 Å². The van der Waals surface area contributed by atoms with E-state index in [0.717, 1.165) is 24.6 Å². The molecule has 5 nitrogen and oxygen atoms in total. The Balaban J connectivity index is 1.69. The van der Waals surface area contributed by atoms with E-state index in [1.807, 2.05) is 19.1 Å². The van der Waals surface area contributed by atoms with Crippen molar-refractivity contribution in [1.29, 1.82) is 0 Å². The molecule has 1 unspecified atom stereocenters. The normalized spacial score (nSPS) is 17.0. The zero-order chi connectivity index (χ0) is 14.7. The van der Waals surface area contributed by atoms with Gasteiger partial charge in [0.25, 0.3) is 5.91 Å². The predicted octanol–water partition coefficient (Wildman–Crippen LogP) is 2.75. The topological polar surface area (TPSA) is 58.6 Å². The van der Waals surface area contributed by atoms with Crippen LogP contribution in [-0.4, -0.2) is 30.4 Å². The highest BCUT2D eigenvalue weighted by molar-refractivity contribution is 5.91. The third kappa shape index (κ3) is 3.19. The fraction of sp³-hybridized carbons (Fsp3) is 0.438. The van der Waals surface area contributed by atoms with E-state index in [-0.39, 0.29) is 11.9 Å². The van der Waals surface area contributed by atoms with Gasteiger partial charge in [0.15, 0.2) is 5.76 Å². The van der Waals surface area contributed by atoms with E-state index in [1.165, 1.54) is 19.1 Å². The van der Waals surface area contributed by atoms with Crippen LogP contribution in [0.1, 0.15) is 41.0 Å². The first-order chi connectivity index (χ1) is 10.2. The largest absolute Gasteiger partial charge is 0.465 e. The molecule has 3 heterocycles. The van der Waals surface area contributed by atoms with Crippen LogP contribution >= 0.6 is 0 Å². The van der Waals surface area contributed by atoms with Crippen LogP contribution in [0.3, 0.4) is 0 Å². The van der Waals surface area contributed by atoms with Gasteiger partial charge in [0.05, 0.1) is 12.3 Å². The molecule has 0 spiro atoms. The number of likely N-dealkylation sites (tertiary alicyclic amines) is 1. The molecule has 2 aromatic rings. The second-order valence-electron chi connectivity index (χ2n) is 5.39. The molecule has 0 radical (unpaired) electrons. The monoisotopic (exact) mass is 288 g/mol. The summed E-state index contributed by atoms with van der Waals surface area (Å²) in [6.07, 6.45) is 3.90. The SMILES string of the molecule is Cc1ccc(C(CNC(=O)c2ccco2)N2CCCC2)o1. The minimum absolute atomic E-state index is 0.0834. The number of carbonyl (C=O) groups excluding carboxylic acids is 1. The van der Waals surface area contributed by atoms with E-state index < -0.39 is 0 Å². The summed E-state index contributed by atoms with van der Waals surface area (Å²) >= 11 is 0. The first kappa shape index (κ1) is 13.9. The highest BCUT2D eigenvalue weighted by Crippen LogP contribution is 2.26. The Labute approximate surface area is 123 Å². The summed E-state index contributed by atoms with van der Waals surface area (Å²) < 4.78 is 10.9. The quantitative estimate of drug-likeness (QED) is 0.919. The average molecular weight is 288 g/mol. The van der Waals surface area contributed by atoms with Gasteiger partial charge in [0, 0.05) is 6.54 Å². The maximum atomic E-state index is 12.0. The first-order valence-corrected chi connectivity index (χ1v) is 7.36. The lowest BCUT2D eigenvalue weighted by molar-refractivity contribution is 0.0906. The van der Waals surface area contributed by atoms with Crippen LogP contribution in [0.25, 0.3) is 0 Å². The smallest absolute Gasteiger partial charge is 0.287 e. The van der Waals surface area contributed by atoms with Gasteiger partial charge < -0.3 is 14.2 Å². The van der Waals surface area contributed by atoms with Crippen molar-refractivity contribution in [1.82, 2.24) is 10.2 Å². The van der Waals surface area contributed by atoms with Crippen molar-refractivity contribution in [2.24, 2.45) is 0 Å². The van der Waals surface area contributed by atoms with Crippen LogP contribution in [-0.2, 0) is 0 Å². The molecule has 2 aromatic heterocycles. The van der Waals surface area contributed by atoms with Crippen LogP contribution in [0, 0.1) is 6.92 Å². The molecule has 0 saturated carbocycles.